The van der Waals surface area contributed by atoms with Gasteiger partial charge in [0.05, 0.1) is 11.2 Å². The average Bonchev–Trinajstić information content (AvgIpc) is 2.23. The second kappa shape index (κ2) is 3.74. The fourth-order valence-electron chi connectivity index (χ4n) is 3.31. The van der Waals surface area contributed by atoms with Crippen molar-refractivity contribution >= 4 is 7.12 Å². The minimum atomic E-state index is -0.154. The lowest BCUT2D eigenvalue weighted by Crippen LogP contribution is -2.41. The molecule has 0 aromatic rings. The number of rotatable bonds is 2. The summed E-state index contributed by atoms with van der Waals surface area (Å²) >= 11 is 0. The Balaban J connectivity index is 1.55. The van der Waals surface area contributed by atoms with Crippen LogP contribution >= 0.6 is 0 Å². The summed E-state index contributed by atoms with van der Waals surface area (Å²) in [5, 5.41) is 0. The van der Waals surface area contributed by atoms with E-state index in [4.69, 9.17) is 9.31 Å². The summed E-state index contributed by atoms with van der Waals surface area (Å²) < 4.78 is 12.3. The highest BCUT2D eigenvalue weighted by molar-refractivity contribution is 6.47. The maximum absolute atomic E-state index is 6.13. The van der Waals surface area contributed by atoms with E-state index in [1.165, 1.54) is 32.1 Å². The largest absolute Gasteiger partial charge is 0.461 e. The zero-order valence-electron chi connectivity index (χ0n) is 11.7. The van der Waals surface area contributed by atoms with Gasteiger partial charge in [-0.05, 0) is 58.2 Å². The zero-order chi connectivity index (χ0) is 12.3. The third kappa shape index (κ3) is 1.86. The van der Waals surface area contributed by atoms with E-state index in [1.807, 2.05) is 0 Å². The van der Waals surface area contributed by atoms with Crippen molar-refractivity contribution in [1.82, 2.24) is 0 Å². The molecule has 17 heavy (non-hydrogen) atoms. The Morgan fingerprint density at radius 1 is 0.882 bits per heavy atom. The molecule has 0 aromatic carbocycles. The summed E-state index contributed by atoms with van der Waals surface area (Å²) in [6, 6.07) is 0. The van der Waals surface area contributed by atoms with Gasteiger partial charge in [-0.1, -0.05) is 19.3 Å². The molecule has 0 atom stereocenters. The molecule has 0 amide bonds. The second-order valence-electron chi connectivity index (χ2n) is 7.31. The van der Waals surface area contributed by atoms with Crippen LogP contribution in [-0.4, -0.2) is 18.3 Å². The third-order valence-electron chi connectivity index (χ3n) is 5.68. The van der Waals surface area contributed by atoms with Crippen molar-refractivity contribution in [1.29, 1.82) is 0 Å². The first-order valence-electron chi connectivity index (χ1n) is 7.25. The minimum absolute atomic E-state index is 0.0522. The molecule has 0 unspecified atom stereocenters. The quantitative estimate of drug-likeness (QED) is 0.681. The smallest absolute Gasteiger partial charge is 0.403 e. The molecule has 2 aliphatic carbocycles. The van der Waals surface area contributed by atoms with Crippen molar-refractivity contribution in [3.8, 4) is 0 Å². The standard InChI is InChI=1S/C14H25BO2/c1-13(2)14(3,4)17-15(16-13)12-8-11(9-12)10-6-5-7-10/h10-12H,5-9H2,1-4H3. The van der Waals surface area contributed by atoms with Crippen molar-refractivity contribution < 1.29 is 9.31 Å². The molecule has 0 N–H and O–H groups in total. The topological polar surface area (TPSA) is 18.5 Å². The molecule has 3 rings (SSSR count). The van der Waals surface area contributed by atoms with Crippen LogP contribution < -0.4 is 0 Å². The summed E-state index contributed by atoms with van der Waals surface area (Å²) in [6.07, 6.45) is 7.08. The maximum Gasteiger partial charge on any atom is 0.461 e. The van der Waals surface area contributed by atoms with Crippen LogP contribution in [0.15, 0.2) is 0 Å². The van der Waals surface area contributed by atoms with Crippen LogP contribution in [0.4, 0.5) is 0 Å². The lowest BCUT2D eigenvalue weighted by Gasteiger charge is -2.44. The van der Waals surface area contributed by atoms with Gasteiger partial charge >= 0.3 is 7.12 Å². The Morgan fingerprint density at radius 2 is 1.41 bits per heavy atom. The van der Waals surface area contributed by atoms with E-state index in [0.29, 0.717) is 5.82 Å². The first kappa shape index (κ1) is 12.0. The van der Waals surface area contributed by atoms with Crippen LogP contribution in [0, 0.1) is 11.8 Å². The Kier molecular flexibility index (Phi) is 2.65. The van der Waals surface area contributed by atoms with Gasteiger partial charge in [0.1, 0.15) is 0 Å². The van der Waals surface area contributed by atoms with E-state index in [1.54, 1.807) is 0 Å². The molecule has 1 aliphatic heterocycles. The predicted molar refractivity (Wildman–Crippen MR) is 69.9 cm³/mol. The van der Waals surface area contributed by atoms with Crippen LogP contribution in [-0.2, 0) is 9.31 Å². The number of hydrogen-bond acceptors (Lipinski definition) is 2. The van der Waals surface area contributed by atoms with Crippen LogP contribution in [0.3, 0.4) is 0 Å². The monoisotopic (exact) mass is 236 g/mol. The van der Waals surface area contributed by atoms with Crippen molar-refractivity contribution in [3.63, 3.8) is 0 Å². The Hall–Kier alpha value is -0.0151. The van der Waals surface area contributed by atoms with Gasteiger partial charge in [0.15, 0.2) is 0 Å². The Morgan fingerprint density at radius 3 is 1.82 bits per heavy atom. The summed E-state index contributed by atoms with van der Waals surface area (Å²) in [5.74, 6) is 2.67. The number of hydrogen-bond donors (Lipinski definition) is 0. The molecule has 0 aromatic heterocycles. The molecule has 3 aliphatic rings. The molecule has 0 radical (unpaired) electrons. The lowest BCUT2D eigenvalue weighted by molar-refractivity contribution is 0.00578. The van der Waals surface area contributed by atoms with Crippen molar-refractivity contribution in [2.45, 2.75) is 76.8 Å². The van der Waals surface area contributed by atoms with Gasteiger partial charge in [-0.25, -0.2) is 0 Å². The molecular weight excluding hydrogens is 211 g/mol. The molecule has 3 fully saturated rings. The summed E-state index contributed by atoms with van der Waals surface area (Å²) in [4.78, 5) is 0. The molecule has 2 saturated carbocycles. The highest BCUT2D eigenvalue weighted by atomic mass is 16.7. The second-order valence-corrected chi connectivity index (χ2v) is 7.31. The van der Waals surface area contributed by atoms with E-state index in [2.05, 4.69) is 27.7 Å². The molecule has 0 bridgehead atoms. The molecule has 3 heteroatoms. The van der Waals surface area contributed by atoms with E-state index < -0.39 is 0 Å². The predicted octanol–water partition coefficient (Wildman–Crippen LogP) is 3.66. The molecule has 1 heterocycles. The van der Waals surface area contributed by atoms with Crippen LogP contribution in [0.5, 0.6) is 0 Å². The van der Waals surface area contributed by atoms with Gasteiger partial charge in [-0.15, -0.1) is 0 Å². The maximum atomic E-state index is 6.13. The minimum Gasteiger partial charge on any atom is -0.403 e. The van der Waals surface area contributed by atoms with Gasteiger partial charge in [0, 0.05) is 0 Å². The fraction of sp³-hybridized carbons (Fsp3) is 1.00. The van der Waals surface area contributed by atoms with Gasteiger partial charge in [-0.3, -0.25) is 0 Å². The van der Waals surface area contributed by atoms with Crippen molar-refractivity contribution in [2.75, 3.05) is 0 Å². The third-order valence-corrected chi connectivity index (χ3v) is 5.68. The Bertz CT molecular complexity index is 287. The summed E-state index contributed by atoms with van der Waals surface area (Å²) in [6.45, 7) is 8.59. The SMILES string of the molecule is CC1(C)OB(C2CC(C3CCC3)C2)OC1(C)C. The van der Waals surface area contributed by atoms with E-state index >= 15 is 0 Å². The molecule has 1 saturated heterocycles. The molecular formula is C14H25BO2. The summed E-state index contributed by atoms with van der Waals surface area (Å²) in [7, 11) is 0.0522. The first-order valence-corrected chi connectivity index (χ1v) is 7.25. The van der Waals surface area contributed by atoms with Crippen LogP contribution in [0.2, 0.25) is 5.82 Å². The molecule has 0 spiro atoms. The van der Waals surface area contributed by atoms with Crippen LogP contribution in [0.1, 0.15) is 59.8 Å². The highest BCUT2D eigenvalue weighted by Crippen LogP contribution is 2.53. The first-order chi connectivity index (χ1) is 7.89. The van der Waals surface area contributed by atoms with Gasteiger partial charge < -0.3 is 9.31 Å². The lowest BCUT2D eigenvalue weighted by atomic mass is 9.51. The zero-order valence-corrected chi connectivity index (χ0v) is 11.7. The Labute approximate surface area is 106 Å². The molecule has 2 nitrogen and oxygen atoms in total. The van der Waals surface area contributed by atoms with E-state index in [-0.39, 0.29) is 18.3 Å². The van der Waals surface area contributed by atoms with Crippen molar-refractivity contribution in [3.05, 3.63) is 0 Å². The van der Waals surface area contributed by atoms with Gasteiger partial charge in [0.25, 0.3) is 0 Å². The van der Waals surface area contributed by atoms with Gasteiger partial charge in [-0.2, -0.15) is 0 Å². The molecule has 96 valence electrons. The van der Waals surface area contributed by atoms with Crippen LogP contribution in [0.25, 0.3) is 0 Å². The normalized spacial score (nSPS) is 39.9. The average molecular weight is 236 g/mol. The summed E-state index contributed by atoms with van der Waals surface area (Å²) in [5.41, 5.74) is -0.307. The van der Waals surface area contributed by atoms with Crippen molar-refractivity contribution in [2.24, 2.45) is 11.8 Å². The highest BCUT2D eigenvalue weighted by Gasteiger charge is 2.56. The van der Waals surface area contributed by atoms with E-state index in [0.717, 1.165) is 11.8 Å². The van der Waals surface area contributed by atoms with Gasteiger partial charge in [0.2, 0.25) is 0 Å². The fourth-order valence-corrected chi connectivity index (χ4v) is 3.31. The van der Waals surface area contributed by atoms with E-state index in [9.17, 15) is 0 Å².